The number of aryl methyl sites for hydroxylation is 2. The van der Waals surface area contributed by atoms with E-state index in [2.05, 4.69) is 10.6 Å². The maximum Gasteiger partial charge on any atom is 0.240 e. The lowest BCUT2D eigenvalue weighted by molar-refractivity contribution is -0.134. The number of hydrogen-bond acceptors (Lipinski definition) is 2. The fourth-order valence-corrected chi connectivity index (χ4v) is 3.06. The van der Waals surface area contributed by atoms with Crippen molar-refractivity contribution >= 4 is 29.1 Å². The summed E-state index contributed by atoms with van der Waals surface area (Å²) in [5, 5.41) is 6.42. The van der Waals surface area contributed by atoms with E-state index in [0.29, 0.717) is 24.4 Å². The summed E-state index contributed by atoms with van der Waals surface area (Å²) in [6.45, 7) is 4.34. The molecule has 3 rings (SSSR count). The van der Waals surface area contributed by atoms with E-state index in [-0.39, 0.29) is 11.8 Å². The lowest BCUT2D eigenvalue weighted by Gasteiger charge is -2.16. The van der Waals surface area contributed by atoms with Crippen molar-refractivity contribution in [3.8, 4) is 0 Å². The minimum Gasteiger partial charge on any atom is -0.351 e. The van der Waals surface area contributed by atoms with E-state index in [1.54, 1.807) is 12.1 Å². The van der Waals surface area contributed by atoms with Crippen LogP contribution in [0, 0.1) is 19.3 Å². The zero-order valence-electron chi connectivity index (χ0n) is 14.4. The van der Waals surface area contributed by atoms with Gasteiger partial charge in [0, 0.05) is 17.3 Å². The van der Waals surface area contributed by atoms with Crippen molar-refractivity contribution < 1.29 is 9.59 Å². The Balaban J connectivity index is 1.63. The van der Waals surface area contributed by atoms with Crippen molar-refractivity contribution in [2.24, 2.45) is 5.41 Å². The minimum atomic E-state index is -0.940. The fourth-order valence-electron chi connectivity index (χ4n) is 2.93. The molecule has 2 aromatic rings. The number of rotatable bonds is 5. The van der Waals surface area contributed by atoms with Gasteiger partial charge in [0.25, 0.3) is 0 Å². The van der Waals surface area contributed by atoms with Crippen molar-refractivity contribution in [2.45, 2.75) is 33.2 Å². The summed E-state index contributed by atoms with van der Waals surface area (Å²) in [5.74, 6) is -0.449. The largest absolute Gasteiger partial charge is 0.351 e. The quantitative estimate of drug-likeness (QED) is 0.796. The predicted molar refractivity (Wildman–Crippen MR) is 99.5 cm³/mol. The summed E-state index contributed by atoms with van der Waals surface area (Å²) in [6.07, 6.45) is 1.16. The maximum atomic E-state index is 12.6. The van der Waals surface area contributed by atoms with Gasteiger partial charge >= 0.3 is 0 Å². The average molecular weight is 357 g/mol. The van der Waals surface area contributed by atoms with Crippen LogP contribution in [0.15, 0.2) is 42.5 Å². The van der Waals surface area contributed by atoms with Gasteiger partial charge in [0.05, 0.1) is 0 Å². The lowest BCUT2D eigenvalue weighted by Crippen LogP contribution is -2.39. The Hall–Kier alpha value is -2.33. The second kappa shape index (κ2) is 6.89. The third kappa shape index (κ3) is 4.02. The normalized spacial score (nSPS) is 14.7. The summed E-state index contributed by atoms with van der Waals surface area (Å²) in [6, 6.07) is 13.1. The highest BCUT2D eigenvalue weighted by atomic mass is 35.5. The molecule has 1 aliphatic carbocycles. The van der Waals surface area contributed by atoms with Gasteiger partial charge in [-0.25, -0.2) is 0 Å². The van der Waals surface area contributed by atoms with E-state index in [9.17, 15) is 9.59 Å². The first kappa shape index (κ1) is 17.5. The Morgan fingerprint density at radius 3 is 2.16 bits per heavy atom. The fraction of sp³-hybridized carbons (Fsp3) is 0.300. The predicted octanol–water partition coefficient (Wildman–Crippen LogP) is 3.99. The molecule has 0 aliphatic heterocycles. The first-order valence-electron chi connectivity index (χ1n) is 8.31. The Kier molecular flexibility index (Phi) is 4.82. The zero-order chi connectivity index (χ0) is 18.0. The number of carbonyl (C=O) groups is 2. The molecule has 0 heterocycles. The van der Waals surface area contributed by atoms with Gasteiger partial charge in [-0.15, -0.1) is 0 Å². The molecule has 0 saturated heterocycles. The first-order valence-corrected chi connectivity index (χ1v) is 8.69. The summed E-state index contributed by atoms with van der Waals surface area (Å²) in [4.78, 5) is 25.2. The SMILES string of the molecule is Cc1cc(C)cc(NC(=O)C2(C(=O)NCc3ccc(Cl)cc3)CC2)c1. The van der Waals surface area contributed by atoms with Gasteiger partial charge in [-0.2, -0.15) is 0 Å². The van der Waals surface area contributed by atoms with Crippen LogP contribution < -0.4 is 10.6 Å². The monoisotopic (exact) mass is 356 g/mol. The molecule has 130 valence electrons. The number of anilines is 1. The van der Waals surface area contributed by atoms with Crippen molar-refractivity contribution in [2.75, 3.05) is 5.32 Å². The molecule has 1 fully saturated rings. The molecule has 0 bridgehead atoms. The van der Waals surface area contributed by atoms with Crippen molar-refractivity contribution in [3.63, 3.8) is 0 Å². The summed E-state index contributed by atoms with van der Waals surface area (Å²) in [5.41, 5.74) is 2.89. The molecule has 2 amide bonds. The smallest absolute Gasteiger partial charge is 0.240 e. The first-order chi connectivity index (χ1) is 11.9. The number of nitrogens with one attached hydrogen (secondary N) is 2. The molecule has 4 nitrogen and oxygen atoms in total. The van der Waals surface area contributed by atoms with Gasteiger partial charge in [0.15, 0.2) is 0 Å². The molecule has 2 N–H and O–H groups in total. The van der Waals surface area contributed by atoms with Crippen LogP contribution in [0.2, 0.25) is 5.02 Å². The molecule has 0 unspecified atom stereocenters. The average Bonchev–Trinajstić information content (AvgIpc) is 3.35. The molecule has 25 heavy (non-hydrogen) atoms. The van der Waals surface area contributed by atoms with Crippen LogP contribution in [0.25, 0.3) is 0 Å². The van der Waals surface area contributed by atoms with E-state index in [1.165, 1.54) is 0 Å². The third-order valence-electron chi connectivity index (χ3n) is 4.47. The second-order valence-electron chi connectivity index (χ2n) is 6.72. The molecule has 0 atom stereocenters. The van der Waals surface area contributed by atoms with E-state index >= 15 is 0 Å². The van der Waals surface area contributed by atoms with E-state index in [4.69, 9.17) is 11.6 Å². The highest BCUT2D eigenvalue weighted by Crippen LogP contribution is 2.47. The summed E-state index contributed by atoms with van der Waals surface area (Å²) < 4.78 is 0. The van der Waals surface area contributed by atoms with Crippen molar-refractivity contribution in [3.05, 3.63) is 64.2 Å². The number of halogens is 1. The molecule has 0 spiro atoms. The molecule has 0 radical (unpaired) electrons. The van der Waals surface area contributed by atoms with E-state index < -0.39 is 5.41 Å². The topological polar surface area (TPSA) is 58.2 Å². The van der Waals surface area contributed by atoms with Gasteiger partial charge in [-0.05, 0) is 67.6 Å². The maximum absolute atomic E-state index is 12.6. The second-order valence-corrected chi connectivity index (χ2v) is 7.16. The molecule has 0 aromatic heterocycles. The van der Waals surface area contributed by atoms with Crippen molar-refractivity contribution in [1.82, 2.24) is 5.32 Å². The summed E-state index contributed by atoms with van der Waals surface area (Å²) >= 11 is 5.86. The Morgan fingerprint density at radius 1 is 1.00 bits per heavy atom. The molecule has 1 saturated carbocycles. The van der Waals surface area contributed by atoms with Crippen LogP contribution in [-0.4, -0.2) is 11.8 Å². The molecule has 1 aliphatic rings. The number of hydrogen-bond donors (Lipinski definition) is 2. The van der Waals surface area contributed by atoms with Gasteiger partial charge in [-0.1, -0.05) is 29.8 Å². The van der Waals surface area contributed by atoms with Crippen LogP contribution >= 0.6 is 11.6 Å². The third-order valence-corrected chi connectivity index (χ3v) is 4.72. The van der Waals surface area contributed by atoms with Crippen molar-refractivity contribution in [1.29, 1.82) is 0 Å². The molecular formula is C20H21ClN2O2. The zero-order valence-corrected chi connectivity index (χ0v) is 15.1. The van der Waals surface area contributed by atoms with Gasteiger partial charge < -0.3 is 10.6 Å². The van der Waals surface area contributed by atoms with Crippen LogP contribution in [0.1, 0.15) is 29.5 Å². The Bertz CT molecular complexity index is 791. The van der Waals surface area contributed by atoms with Gasteiger partial charge in [0.1, 0.15) is 5.41 Å². The number of benzene rings is 2. The molecular weight excluding hydrogens is 336 g/mol. The van der Waals surface area contributed by atoms with E-state index in [1.807, 2.05) is 44.2 Å². The minimum absolute atomic E-state index is 0.218. The lowest BCUT2D eigenvalue weighted by atomic mass is 10.0. The molecule has 2 aromatic carbocycles. The standard InChI is InChI=1S/C20H21ClN2O2/c1-13-9-14(2)11-17(10-13)23-19(25)20(7-8-20)18(24)22-12-15-3-5-16(21)6-4-15/h3-6,9-11H,7-8,12H2,1-2H3,(H,22,24)(H,23,25). The molecule has 5 heteroatoms. The van der Waals surface area contributed by atoms with Crippen LogP contribution in [0.4, 0.5) is 5.69 Å². The highest BCUT2D eigenvalue weighted by molar-refractivity contribution is 6.30. The summed E-state index contributed by atoms with van der Waals surface area (Å²) in [7, 11) is 0. The van der Waals surface area contributed by atoms with Crippen LogP contribution in [0.5, 0.6) is 0 Å². The van der Waals surface area contributed by atoms with E-state index in [0.717, 1.165) is 22.4 Å². The van der Waals surface area contributed by atoms with Gasteiger partial charge in [-0.3, -0.25) is 9.59 Å². The van der Waals surface area contributed by atoms with Crippen LogP contribution in [-0.2, 0) is 16.1 Å². The Morgan fingerprint density at radius 2 is 1.60 bits per heavy atom. The van der Waals surface area contributed by atoms with Crippen LogP contribution in [0.3, 0.4) is 0 Å². The number of amides is 2. The highest BCUT2D eigenvalue weighted by Gasteiger charge is 2.56. The number of carbonyl (C=O) groups excluding carboxylic acids is 2. The Labute approximate surface area is 152 Å². The van der Waals surface area contributed by atoms with Gasteiger partial charge in [0.2, 0.25) is 11.8 Å².